The molecule has 0 spiro atoms. The topological polar surface area (TPSA) is 41.8 Å². The summed E-state index contributed by atoms with van der Waals surface area (Å²) in [5.41, 5.74) is 1.46. The van der Waals surface area contributed by atoms with Gasteiger partial charge in [-0.2, -0.15) is 0 Å². The fourth-order valence-corrected chi connectivity index (χ4v) is 1.81. The Bertz CT molecular complexity index is 621. The molecular formula is C16H14BrNO2. The number of halogens is 1. The van der Waals surface area contributed by atoms with Gasteiger partial charge in [0.25, 0.3) is 0 Å². The molecule has 0 amide bonds. The first kappa shape index (κ1) is 14.3. The maximum absolute atomic E-state index is 9.91. The quantitative estimate of drug-likeness (QED) is 0.648. The van der Waals surface area contributed by atoms with Gasteiger partial charge in [-0.15, -0.1) is 0 Å². The number of aromatic hydroxyl groups is 1. The van der Waals surface area contributed by atoms with E-state index >= 15 is 0 Å². The van der Waals surface area contributed by atoms with Crippen LogP contribution in [-0.4, -0.2) is 17.9 Å². The molecule has 1 N–H and O–H groups in total. The number of hydrogen-bond donors (Lipinski definition) is 1. The minimum atomic E-state index is 0.132. The molecule has 4 heteroatoms. The number of aliphatic imine (C=N–C) groups is 1. The summed E-state index contributed by atoms with van der Waals surface area (Å²) in [6.45, 7) is 3.98. The number of rotatable bonds is 5. The minimum Gasteiger partial charge on any atom is -0.507 e. The molecule has 0 unspecified atom stereocenters. The van der Waals surface area contributed by atoms with Crippen LogP contribution in [0.4, 0.5) is 5.69 Å². The lowest BCUT2D eigenvalue weighted by Crippen LogP contribution is -1.93. The Morgan fingerprint density at radius 1 is 1.20 bits per heavy atom. The Kier molecular flexibility index (Phi) is 4.96. The summed E-state index contributed by atoms with van der Waals surface area (Å²) in [5.74, 6) is 0.732. The van der Waals surface area contributed by atoms with Crippen molar-refractivity contribution in [1.82, 2.24) is 0 Å². The van der Waals surface area contributed by atoms with Crippen molar-refractivity contribution < 1.29 is 9.84 Å². The van der Waals surface area contributed by atoms with E-state index in [0.29, 0.717) is 17.9 Å². The van der Waals surface area contributed by atoms with Crippen LogP contribution < -0.4 is 4.74 Å². The molecule has 2 aromatic rings. The summed E-state index contributed by atoms with van der Waals surface area (Å²) in [6, 6.07) is 12.7. The molecule has 0 aliphatic rings. The molecule has 0 heterocycles. The normalized spacial score (nSPS) is 10.7. The van der Waals surface area contributed by atoms with Crippen molar-refractivity contribution in [2.24, 2.45) is 4.99 Å². The highest BCUT2D eigenvalue weighted by Gasteiger charge is 2.01. The number of benzene rings is 2. The van der Waals surface area contributed by atoms with Crippen molar-refractivity contribution in [3.8, 4) is 11.5 Å². The van der Waals surface area contributed by atoms with E-state index in [0.717, 1.165) is 10.2 Å². The van der Waals surface area contributed by atoms with Crippen LogP contribution >= 0.6 is 15.9 Å². The molecule has 0 fully saturated rings. The molecule has 102 valence electrons. The van der Waals surface area contributed by atoms with Crippen molar-refractivity contribution >= 4 is 27.8 Å². The maximum Gasteiger partial charge on any atom is 0.128 e. The summed E-state index contributed by atoms with van der Waals surface area (Å²) in [4.78, 5) is 4.31. The van der Waals surface area contributed by atoms with E-state index in [2.05, 4.69) is 27.5 Å². The highest BCUT2D eigenvalue weighted by molar-refractivity contribution is 9.10. The third-order valence-corrected chi connectivity index (χ3v) is 3.08. The third-order valence-electron chi connectivity index (χ3n) is 2.55. The van der Waals surface area contributed by atoms with Crippen LogP contribution in [0.2, 0.25) is 0 Å². The maximum atomic E-state index is 9.91. The molecule has 20 heavy (non-hydrogen) atoms. The summed E-state index contributed by atoms with van der Waals surface area (Å²) in [7, 11) is 0. The van der Waals surface area contributed by atoms with E-state index in [1.807, 2.05) is 24.3 Å². The monoisotopic (exact) mass is 331 g/mol. The van der Waals surface area contributed by atoms with E-state index in [1.54, 1.807) is 30.5 Å². The number of phenols is 1. The molecule has 3 nitrogen and oxygen atoms in total. The van der Waals surface area contributed by atoms with Crippen LogP contribution in [0, 0.1) is 0 Å². The molecule has 0 radical (unpaired) electrons. The summed E-state index contributed by atoms with van der Waals surface area (Å²) in [6.07, 6.45) is 3.27. The van der Waals surface area contributed by atoms with Crippen molar-refractivity contribution in [1.29, 1.82) is 0 Å². The van der Waals surface area contributed by atoms with Gasteiger partial charge < -0.3 is 9.84 Å². The molecule has 2 rings (SSSR count). The molecular weight excluding hydrogens is 318 g/mol. The van der Waals surface area contributed by atoms with Crippen LogP contribution in [0.3, 0.4) is 0 Å². The van der Waals surface area contributed by atoms with E-state index in [1.165, 1.54) is 0 Å². The standard InChI is InChI=1S/C16H14BrNO2/c1-2-9-20-15-8-3-12(16(19)10-15)11-18-14-6-4-13(17)5-7-14/h2-8,10-11,19H,1,9H2. The van der Waals surface area contributed by atoms with E-state index in [4.69, 9.17) is 4.74 Å². The zero-order valence-corrected chi connectivity index (χ0v) is 12.4. The van der Waals surface area contributed by atoms with E-state index < -0.39 is 0 Å². The van der Waals surface area contributed by atoms with Crippen molar-refractivity contribution in [3.05, 3.63) is 65.2 Å². The highest BCUT2D eigenvalue weighted by Crippen LogP contribution is 2.23. The summed E-state index contributed by atoms with van der Waals surface area (Å²) in [5, 5.41) is 9.91. The molecule has 0 atom stereocenters. The minimum absolute atomic E-state index is 0.132. The molecule has 0 saturated carbocycles. The molecule has 0 aliphatic heterocycles. The van der Waals surface area contributed by atoms with Crippen LogP contribution in [0.15, 0.2) is 64.6 Å². The van der Waals surface area contributed by atoms with Gasteiger partial charge in [-0.3, -0.25) is 4.99 Å². The Balaban J connectivity index is 2.12. The molecule has 0 saturated heterocycles. The van der Waals surface area contributed by atoms with E-state index in [9.17, 15) is 5.11 Å². The Hall–Kier alpha value is -2.07. The Morgan fingerprint density at radius 3 is 2.60 bits per heavy atom. The predicted octanol–water partition coefficient (Wildman–Crippen LogP) is 4.47. The lowest BCUT2D eigenvalue weighted by Gasteiger charge is -2.05. The van der Waals surface area contributed by atoms with E-state index in [-0.39, 0.29) is 5.75 Å². The van der Waals surface area contributed by atoms with Crippen molar-refractivity contribution in [3.63, 3.8) is 0 Å². The fourth-order valence-electron chi connectivity index (χ4n) is 1.55. The van der Waals surface area contributed by atoms with Gasteiger partial charge in [-0.1, -0.05) is 28.6 Å². The second-order valence-electron chi connectivity index (χ2n) is 4.05. The predicted molar refractivity (Wildman–Crippen MR) is 85.2 cm³/mol. The van der Waals surface area contributed by atoms with Gasteiger partial charge in [-0.05, 0) is 36.4 Å². The highest BCUT2D eigenvalue weighted by atomic mass is 79.9. The first-order valence-corrected chi connectivity index (χ1v) is 6.84. The van der Waals surface area contributed by atoms with Crippen LogP contribution in [0.1, 0.15) is 5.56 Å². The zero-order valence-electron chi connectivity index (χ0n) is 10.8. The van der Waals surface area contributed by atoms with Crippen LogP contribution in [0.5, 0.6) is 11.5 Å². The molecule has 0 bridgehead atoms. The Morgan fingerprint density at radius 2 is 1.95 bits per heavy atom. The third kappa shape index (κ3) is 3.96. The smallest absolute Gasteiger partial charge is 0.128 e. The van der Waals surface area contributed by atoms with Gasteiger partial charge in [0.1, 0.15) is 18.1 Å². The summed E-state index contributed by atoms with van der Waals surface area (Å²) >= 11 is 3.37. The number of ether oxygens (including phenoxy) is 1. The van der Waals surface area contributed by atoms with Gasteiger partial charge in [-0.25, -0.2) is 0 Å². The van der Waals surface area contributed by atoms with Crippen molar-refractivity contribution in [2.45, 2.75) is 0 Å². The Labute approximate surface area is 126 Å². The number of nitrogens with zero attached hydrogens (tertiary/aromatic N) is 1. The second-order valence-corrected chi connectivity index (χ2v) is 4.97. The molecule has 0 aliphatic carbocycles. The molecule has 2 aromatic carbocycles. The average molecular weight is 332 g/mol. The lowest BCUT2D eigenvalue weighted by atomic mass is 10.2. The summed E-state index contributed by atoms with van der Waals surface area (Å²) < 4.78 is 6.34. The van der Waals surface area contributed by atoms with Crippen LogP contribution in [-0.2, 0) is 0 Å². The fraction of sp³-hybridized carbons (Fsp3) is 0.0625. The van der Waals surface area contributed by atoms with Gasteiger partial charge in [0.15, 0.2) is 0 Å². The van der Waals surface area contributed by atoms with Crippen LogP contribution in [0.25, 0.3) is 0 Å². The van der Waals surface area contributed by atoms with Gasteiger partial charge in [0, 0.05) is 22.3 Å². The van der Waals surface area contributed by atoms with Gasteiger partial charge >= 0.3 is 0 Å². The first-order chi connectivity index (χ1) is 9.69. The SMILES string of the molecule is C=CCOc1ccc(C=Nc2ccc(Br)cc2)c(O)c1. The number of phenolic OH excluding ortho intramolecular Hbond substituents is 1. The molecule has 0 aromatic heterocycles. The van der Waals surface area contributed by atoms with Gasteiger partial charge in [0.2, 0.25) is 0 Å². The zero-order chi connectivity index (χ0) is 14.4. The van der Waals surface area contributed by atoms with Crippen molar-refractivity contribution in [2.75, 3.05) is 6.61 Å². The number of hydrogen-bond acceptors (Lipinski definition) is 3. The van der Waals surface area contributed by atoms with Gasteiger partial charge in [0.05, 0.1) is 5.69 Å². The largest absolute Gasteiger partial charge is 0.507 e. The first-order valence-electron chi connectivity index (χ1n) is 6.05. The average Bonchev–Trinajstić information content (AvgIpc) is 2.46. The lowest BCUT2D eigenvalue weighted by molar-refractivity contribution is 0.360. The second kappa shape index (κ2) is 6.91.